The molecule has 6 heteroatoms. The number of anilines is 1. The van der Waals surface area contributed by atoms with E-state index in [1.807, 2.05) is 0 Å². The van der Waals surface area contributed by atoms with Crippen LogP contribution in [0.25, 0.3) is 0 Å². The number of aliphatic hydroxyl groups excluding tert-OH is 2. The lowest BCUT2D eigenvalue weighted by Gasteiger charge is -2.11. The molecule has 0 heterocycles. The molecule has 1 rings (SSSR count). The zero-order valence-electron chi connectivity index (χ0n) is 7.67. The highest BCUT2D eigenvalue weighted by atomic mass is 19.2. The molecule has 0 aliphatic rings. The van der Waals surface area contributed by atoms with Crippen LogP contribution < -0.4 is 5.32 Å². The lowest BCUT2D eigenvalue weighted by molar-refractivity contribution is 0.105. The Labute approximate surface area is 84.2 Å². The second-order valence-electron chi connectivity index (χ2n) is 2.97. The average molecular weight is 221 g/mol. The molecule has 0 spiro atoms. The molecule has 0 aromatic heterocycles. The van der Waals surface area contributed by atoms with Gasteiger partial charge in [0.15, 0.2) is 11.6 Å². The summed E-state index contributed by atoms with van der Waals surface area (Å²) in [6, 6.07) is 1.19. The molecule has 0 bridgehead atoms. The first-order valence-corrected chi connectivity index (χ1v) is 4.22. The van der Waals surface area contributed by atoms with E-state index >= 15 is 0 Å². The minimum absolute atomic E-state index is 0.198. The summed E-state index contributed by atoms with van der Waals surface area (Å²) in [4.78, 5) is 0. The Bertz CT molecular complexity index is 346. The second-order valence-corrected chi connectivity index (χ2v) is 2.97. The fourth-order valence-electron chi connectivity index (χ4n) is 0.977. The number of hydrogen-bond acceptors (Lipinski definition) is 3. The first-order valence-electron chi connectivity index (χ1n) is 4.22. The Morgan fingerprint density at radius 1 is 1.27 bits per heavy atom. The lowest BCUT2D eigenvalue weighted by atomic mass is 10.2. The topological polar surface area (TPSA) is 52.5 Å². The molecule has 0 fully saturated rings. The van der Waals surface area contributed by atoms with Gasteiger partial charge in [-0.05, 0) is 0 Å². The quantitative estimate of drug-likeness (QED) is 0.661. The van der Waals surface area contributed by atoms with Gasteiger partial charge in [-0.15, -0.1) is 0 Å². The van der Waals surface area contributed by atoms with E-state index in [1.165, 1.54) is 0 Å². The Morgan fingerprint density at radius 3 is 2.53 bits per heavy atom. The maximum absolute atomic E-state index is 13.0. The van der Waals surface area contributed by atoms with Crippen molar-refractivity contribution in [1.82, 2.24) is 0 Å². The van der Waals surface area contributed by atoms with Gasteiger partial charge in [-0.25, -0.2) is 13.2 Å². The van der Waals surface area contributed by atoms with Gasteiger partial charge < -0.3 is 15.5 Å². The van der Waals surface area contributed by atoms with Gasteiger partial charge in [0.25, 0.3) is 0 Å². The van der Waals surface area contributed by atoms with Crippen LogP contribution >= 0.6 is 0 Å². The van der Waals surface area contributed by atoms with Crippen LogP contribution in [0.4, 0.5) is 18.9 Å². The molecular formula is C9H10F3NO2. The number of hydrogen-bond donors (Lipinski definition) is 3. The van der Waals surface area contributed by atoms with E-state index in [2.05, 4.69) is 5.32 Å². The van der Waals surface area contributed by atoms with Gasteiger partial charge in [-0.3, -0.25) is 0 Å². The summed E-state index contributed by atoms with van der Waals surface area (Å²) >= 11 is 0. The molecule has 0 unspecified atom stereocenters. The van der Waals surface area contributed by atoms with E-state index in [9.17, 15) is 13.2 Å². The zero-order chi connectivity index (χ0) is 11.4. The van der Waals surface area contributed by atoms with Crippen molar-refractivity contribution in [3.05, 3.63) is 29.6 Å². The number of benzene rings is 1. The Kier molecular flexibility index (Phi) is 3.93. The SMILES string of the molecule is OC[C@@H](O)CNc1cc(F)cc(F)c1F. The van der Waals surface area contributed by atoms with Gasteiger partial charge in [-0.2, -0.15) is 0 Å². The first-order chi connectivity index (χ1) is 7.04. The molecule has 0 amide bonds. The zero-order valence-corrected chi connectivity index (χ0v) is 7.67. The highest BCUT2D eigenvalue weighted by molar-refractivity contribution is 5.45. The van der Waals surface area contributed by atoms with Crippen LogP contribution in [0, 0.1) is 17.5 Å². The summed E-state index contributed by atoms with van der Waals surface area (Å²) < 4.78 is 38.3. The van der Waals surface area contributed by atoms with Crippen molar-refractivity contribution in [3.8, 4) is 0 Å². The fourth-order valence-corrected chi connectivity index (χ4v) is 0.977. The van der Waals surface area contributed by atoms with E-state index in [1.54, 1.807) is 0 Å². The number of rotatable bonds is 4. The van der Waals surface area contributed by atoms with Crippen LogP contribution in [-0.2, 0) is 0 Å². The van der Waals surface area contributed by atoms with E-state index in [0.29, 0.717) is 6.07 Å². The molecule has 0 aliphatic heterocycles. The van der Waals surface area contributed by atoms with Crippen molar-refractivity contribution in [2.75, 3.05) is 18.5 Å². The summed E-state index contributed by atoms with van der Waals surface area (Å²) in [6.07, 6.45) is -1.12. The van der Waals surface area contributed by atoms with Crippen molar-refractivity contribution >= 4 is 5.69 Å². The van der Waals surface area contributed by atoms with E-state index in [4.69, 9.17) is 10.2 Å². The molecule has 1 atom stereocenters. The molecule has 1 aromatic carbocycles. The van der Waals surface area contributed by atoms with E-state index in [-0.39, 0.29) is 12.2 Å². The van der Waals surface area contributed by atoms with Crippen LogP contribution in [0.1, 0.15) is 0 Å². The maximum atomic E-state index is 13.0. The van der Waals surface area contributed by atoms with Gasteiger partial charge in [0, 0.05) is 18.7 Å². The second kappa shape index (κ2) is 4.99. The molecule has 3 nitrogen and oxygen atoms in total. The maximum Gasteiger partial charge on any atom is 0.182 e. The highest BCUT2D eigenvalue weighted by Gasteiger charge is 2.11. The molecular weight excluding hydrogens is 211 g/mol. The minimum atomic E-state index is -1.31. The van der Waals surface area contributed by atoms with Crippen LogP contribution in [0.2, 0.25) is 0 Å². The number of nitrogens with one attached hydrogen (secondary N) is 1. The van der Waals surface area contributed by atoms with Crippen LogP contribution in [0.3, 0.4) is 0 Å². The van der Waals surface area contributed by atoms with Crippen molar-refractivity contribution in [3.63, 3.8) is 0 Å². The third-order valence-corrected chi connectivity index (χ3v) is 1.73. The molecule has 3 N–H and O–H groups in total. The smallest absolute Gasteiger partial charge is 0.182 e. The Morgan fingerprint density at radius 2 is 1.93 bits per heavy atom. The normalized spacial score (nSPS) is 12.6. The molecule has 1 aromatic rings. The van der Waals surface area contributed by atoms with E-state index in [0.717, 1.165) is 6.07 Å². The van der Waals surface area contributed by atoms with Gasteiger partial charge in [-0.1, -0.05) is 0 Å². The third-order valence-electron chi connectivity index (χ3n) is 1.73. The lowest BCUT2D eigenvalue weighted by Crippen LogP contribution is -2.23. The third kappa shape index (κ3) is 3.10. The van der Waals surface area contributed by atoms with Crippen molar-refractivity contribution in [2.24, 2.45) is 0 Å². The predicted octanol–water partition coefficient (Wildman–Crippen LogP) is 0.869. The van der Waals surface area contributed by atoms with Gasteiger partial charge in [0.1, 0.15) is 5.82 Å². The van der Waals surface area contributed by atoms with E-state index < -0.39 is 30.2 Å². The Balaban J connectivity index is 2.76. The monoisotopic (exact) mass is 221 g/mol. The molecule has 0 radical (unpaired) electrons. The van der Waals surface area contributed by atoms with Crippen LogP contribution in [-0.4, -0.2) is 29.5 Å². The summed E-state index contributed by atoms with van der Waals surface area (Å²) in [5.41, 5.74) is -0.389. The molecule has 84 valence electrons. The highest BCUT2D eigenvalue weighted by Crippen LogP contribution is 2.18. The molecule has 0 saturated carbocycles. The molecule has 0 saturated heterocycles. The largest absolute Gasteiger partial charge is 0.394 e. The molecule has 0 aliphatic carbocycles. The predicted molar refractivity (Wildman–Crippen MR) is 47.9 cm³/mol. The number of halogens is 3. The summed E-state index contributed by atoms with van der Waals surface area (Å²) in [5.74, 6) is -3.45. The Hall–Kier alpha value is -1.27. The van der Waals surface area contributed by atoms with Crippen molar-refractivity contribution in [2.45, 2.75) is 6.10 Å². The molecule has 15 heavy (non-hydrogen) atoms. The van der Waals surface area contributed by atoms with Gasteiger partial charge >= 0.3 is 0 Å². The summed E-state index contributed by atoms with van der Waals surface area (Å²) in [6.45, 7) is -0.720. The van der Waals surface area contributed by atoms with Crippen molar-refractivity contribution < 1.29 is 23.4 Å². The van der Waals surface area contributed by atoms with Crippen LogP contribution in [0.5, 0.6) is 0 Å². The summed E-state index contributed by atoms with van der Waals surface area (Å²) in [5, 5.41) is 19.7. The van der Waals surface area contributed by atoms with Crippen molar-refractivity contribution in [1.29, 1.82) is 0 Å². The minimum Gasteiger partial charge on any atom is -0.394 e. The fraction of sp³-hybridized carbons (Fsp3) is 0.333. The first kappa shape index (κ1) is 11.8. The van der Waals surface area contributed by atoms with Crippen LogP contribution in [0.15, 0.2) is 12.1 Å². The number of aliphatic hydroxyl groups is 2. The van der Waals surface area contributed by atoms with Gasteiger partial charge in [0.2, 0.25) is 0 Å². The summed E-state index contributed by atoms with van der Waals surface area (Å²) in [7, 11) is 0. The average Bonchev–Trinajstić information content (AvgIpc) is 2.20. The van der Waals surface area contributed by atoms with Gasteiger partial charge in [0.05, 0.1) is 18.4 Å². The standard InChI is InChI=1S/C9H10F3NO2/c10-5-1-7(11)9(12)8(2-5)13-3-6(15)4-14/h1-2,6,13-15H,3-4H2/t6-/m0/s1.